The number of hydrogen-bond acceptors (Lipinski definition) is 2. The van der Waals surface area contributed by atoms with E-state index < -0.39 is 6.04 Å². The minimum atomic E-state index is -0.433. The highest BCUT2D eigenvalue weighted by atomic mass is 31.0. The molecule has 1 saturated heterocycles. The Bertz CT molecular complexity index is 339. The van der Waals surface area contributed by atoms with Crippen LogP contribution in [0.4, 0.5) is 0 Å². The lowest BCUT2D eigenvalue weighted by Gasteiger charge is -2.35. The first-order valence-corrected chi connectivity index (χ1v) is 7.89. The molecule has 1 aliphatic heterocycles. The lowest BCUT2D eigenvalue weighted by molar-refractivity contribution is -0.139. The van der Waals surface area contributed by atoms with Crippen molar-refractivity contribution in [2.75, 3.05) is 12.7 Å². The number of likely N-dealkylation sites (tertiary alicyclic amines) is 1. The van der Waals surface area contributed by atoms with E-state index in [1.165, 1.54) is 0 Å². The van der Waals surface area contributed by atoms with Gasteiger partial charge in [0.15, 0.2) is 0 Å². The second-order valence-corrected chi connectivity index (χ2v) is 7.01. The zero-order valence-electron chi connectivity index (χ0n) is 12.5. The van der Waals surface area contributed by atoms with Crippen LogP contribution in [0.15, 0.2) is 0 Å². The van der Waals surface area contributed by atoms with E-state index in [2.05, 4.69) is 21.5 Å². The third-order valence-electron chi connectivity index (χ3n) is 3.63. The monoisotopic (exact) mass is 286 g/mol. The average molecular weight is 286 g/mol. The fourth-order valence-corrected chi connectivity index (χ4v) is 2.70. The molecule has 1 heterocycles. The van der Waals surface area contributed by atoms with Gasteiger partial charge in [-0.25, -0.2) is 0 Å². The van der Waals surface area contributed by atoms with E-state index in [0.29, 0.717) is 6.42 Å². The third-order valence-corrected chi connectivity index (χ3v) is 3.91. The minimum Gasteiger partial charge on any atom is -0.344 e. The van der Waals surface area contributed by atoms with Crippen LogP contribution in [-0.2, 0) is 9.59 Å². The number of nitrogens with one attached hydrogen (secondary N) is 1. The fourth-order valence-electron chi connectivity index (χ4n) is 2.44. The Labute approximate surface area is 118 Å². The molecule has 2 amide bonds. The number of nitrogens with zero attached hydrogens (tertiary/aromatic N) is 1. The lowest BCUT2D eigenvalue weighted by Crippen LogP contribution is -2.55. The van der Waals surface area contributed by atoms with Crippen LogP contribution in [-0.4, -0.2) is 41.5 Å². The van der Waals surface area contributed by atoms with Crippen molar-refractivity contribution in [3.05, 3.63) is 0 Å². The van der Waals surface area contributed by atoms with E-state index >= 15 is 0 Å². The Morgan fingerprint density at radius 1 is 1.42 bits per heavy atom. The van der Waals surface area contributed by atoms with E-state index in [1.54, 1.807) is 0 Å². The van der Waals surface area contributed by atoms with Gasteiger partial charge in [-0.15, -0.1) is 9.24 Å². The third kappa shape index (κ3) is 4.45. The van der Waals surface area contributed by atoms with Crippen molar-refractivity contribution in [2.45, 2.75) is 59.0 Å². The first-order chi connectivity index (χ1) is 8.77. The maximum absolute atomic E-state index is 12.6. The van der Waals surface area contributed by atoms with Gasteiger partial charge in [-0.2, -0.15) is 0 Å². The number of carbonyl (C=O) groups excluding carboxylic acids is 2. The summed E-state index contributed by atoms with van der Waals surface area (Å²) in [7, 11) is 2.54. The molecule has 3 atom stereocenters. The predicted molar refractivity (Wildman–Crippen MR) is 81.0 cm³/mol. The molecule has 1 rings (SSSR count). The molecule has 0 aromatic carbocycles. The molecule has 0 radical (unpaired) electrons. The molecular weight excluding hydrogens is 259 g/mol. The number of carbonyl (C=O) groups is 2. The van der Waals surface area contributed by atoms with E-state index in [1.807, 2.05) is 25.7 Å². The molecule has 19 heavy (non-hydrogen) atoms. The molecular formula is C14H27N2O2P. The van der Waals surface area contributed by atoms with Gasteiger partial charge in [0, 0.05) is 19.0 Å². The molecule has 5 heteroatoms. The topological polar surface area (TPSA) is 49.4 Å². The van der Waals surface area contributed by atoms with Crippen LogP contribution in [0.25, 0.3) is 0 Å². The van der Waals surface area contributed by atoms with Gasteiger partial charge < -0.3 is 10.2 Å². The van der Waals surface area contributed by atoms with Crippen molar-refractivity contribution in [1.82, 2.24) is 10.2 Å². The summed E-state index contributed by atoms with van der Waals surface area (Å²) < 4.78 is 0. The van der Waals surface area contributed by atoms with Crippen LogP contribution < -0.4 is 5.32 Å². The SMILES string of the molecule is CC1CCCN1C(=O)[C@@H](NC(=O)CCP)C(C)(C)C. The van der Waals surface area contributed by atoms with Crippen LogP contribution in [0.1, 0.15) is 47.0 Å². The smallest absolute Gasteiger partial charge is 0.245 e. The summed E-state index contributed by atoms with van der Waals surface area (Å²) in [5.74, 6) is 0.0183. The van der Waals surface area contributed by atoms with Gasteiger partial charge in [0.25, 0.3) is 0 Å². The summed E-state index contributed by atoms with van der Waals surface area (Å²) in [5.41, 5.74) is -0.268. The molecule has 110 valence electrons. The molecule has 0 bridgehead atoms. The minimum absolute atomic E-state index is 0.0462. The van der Waals surface area contributed by atoms with Crippen molar-refractivity contribution in [3.63, 3.8) is 0 Å². The van der Waals surface area contributed by atoms with Gasteiger partial charge >= 0.3 is 0 Å². The van der Waals surface area contributed by atoms with Gasteiger partial charge in [-0.3, -0.25) is 9.59 Å². The summed E-state index contributed by atoms with van der Waals surface area (Å²) in [6.45, 7) is 8.88. The second kappa shape index (κ2) is 6.69. The Kier molecular flexibility index (Phi) is 5.79. The zero-order chi connectivity index (χ0) is 14.6. The molecule has 0 spiro atoms. The molecule has 0 saturated carbocycles. The van der Waals surface area contributed by atoms with Gasteiger partial charge in [0.1, 0.15) is 6.04 Å². The summed E-state index contributed by atoms with van der Waals surface area (Å²) in [4.78, 5) is 26.4. The van der Waals surface area contributed by atoms with Gasteiger partial charge in [0.05, 0.1) is 0 Å². The summed E-state index contributed by atoms with van der Waals surface area (Å²) in [6.07, 6.45) is 3.28. The molecule has 2 unspecified atom stereocenters. The van der Waals surface area contributed by atoms with Crippen molar-refractivity contribution >= 4 is 21.1 Å². The molecule has 1 N–H and O–H groups in total. The molecule has 1 fully saturated rings. The average Bonchev–Trinajstić information content (AvgIpc) is 2.70. The lowest BCUT2D eigenvalue weighted by atomic mass is 9.85. The highest BCUT2D eigenvalue weighted by Gasteiger charge is 2.38. The first kappa shape index (κ1) is 16.4. The Hall–Kier alpha value is -0.630. The van der Waals surface area contributed by atoms with E-state index in [9.17, 15) is 9.59 Å². The fraction of sp³-hybridized carbons (Fsp3) is 0.857. The van der Waals surface area contributed by atoms with Gasteiger partial charge in [-0.05, 0) is 31.3 Å². The van der Waals surface area contributed by atoms with Crippen LogP contribution in [0, 0.1) is 5.41 Å². The largest absolute Gasteiger partial charge is 0.344 e. The van der Waals surface area contributed by atoms with Crippen LogP contribution in [0.2, 0.25) is 0 Å². The van der Waals surface area contributed by atoms with E-state index in [4.69, 9.17) is 0 Å². The van der Waals surface area contributed by atoms with Crippen molar-refractivity contribution < 1.29 is 9.59 Å². The molecule has 1 aliphatic rings. The van der Waals surface area contributed by atoms with Crippen LogP contribution >= 0.6 is 9.24 Å². The molecule has 0 aliphatic carbocycles. The first-order valence-electron chi connectivity index (χ1n) is 7.07. The number of rotatable bonds is 4. The maximum Gasteiger partial charge on any atom is 0.245 e. The van der Waals surface area contributed by atoms with Crippen molar-refractivity contribution in [3.8, 4) is 0 Å². The predicted octanol–water partition coefficient (Wildman–Crippen LogP) is 1.79. The highest BCUT2D eigenvalue weighted by molar-refractivity contribution is 7.16. The Balaban J connectivity index is 2.79. The van der Waals surface area contributed by atoms with E-state index in [0.717, 1.165) is 25.5 Å². The molecule has 0 aromatic rings. The maximum atomic E-state index is 12.6. The normalized spacial score (nSPS) is 21.3. The number of amides is 2. The Morgan fingerprint density at radius 3 is 2.47 bits per heavy atom. The summed E-state index contributed by atoms with van der Waals surface area (Å²) in [5, 5.41) is 2.91. The molecule has 0 aromatic heterocycles. The van der Waals surface area contributed by atoms with Gasteiger partial charge in [0.2, 0.25) is 11.8 Å². The van der Waals surface area contributed by atoms with Crippen LogP contribution in [0.3, 0.4) is 0 Å². The standard InChI is InChI=1S/C14H27N2O2P/c1-10-6-5-8-16(10)13(18)12(14(2,3)4)15-11(17)7-9-19/h10,12H,5-9,19H2,1-4H3,(H,15,17)/t10?,12-/m1/s1. The van der Waals surface area contributed by atoms with E-state index in [-0.39, 0.29) is 23.3 Å². The summed E-state index contributed by atoms with van der Waals surface area (Å²) >= 11 is 0. The Morgan fingerprint density at radius 2 is 2.05 bits per heavy atom. The van der Waals surface area contributed by atoms with Crippen molar-refractivity contribution in [2.24, 2.45) is 5.41 Å². The molecule has 4 nitrogen and oxygen atoms in total. The zero-order valence-corrected chi connectivity index (χ0v) is 13.7. The van der Waals surface area contributed by atoms with Crippen molar-refractivity contribution in [1.29, 1.82) is 0 Å². The summed E-state index contributed by atoms with van der Waals surface area (Å²) in [6, 6.07) is -0.145. The number of hydrogen-bond donors (Lipinski definition) is 1. The van der Waals surface area contributed by atoms with Gasteiger partial charge in [-0.1, -0.05) is 20.8 Å². The second-order valence-electron chi connectivity index (χ2n) is 6.43. The quantitative estimate of drug-likeness (QED) is 0.801. The highest BCUT2D eigenvalue weighted by Crippen LogP contribution is 2.25. The van der Waals surface area contributed by atoms with Crippen LogP contribution in [0.5, 0.6) is 0 Å².